The van der Waals surface area contributed by atoms with Gasteiger partial charge in [-0.2, -0.15) is 4.98 Å². The van der Waals surface area contributed by atoms with E-state index in [1.54, 1.807) is 31.4 Å². The van der Waals surface area contributed by atoms with Gasteiger partial charge in [0.05, 0.1) is 20.2 Å². The number of urea groups is 1. The molecule has 0 radical (unpaired) electrons. The summed E-state index contributed by atoms with van der Waals surface area (Å²) in [5, 5.41) is 8.97. The number of carbonyl (C=O) groups is 2. The van der Waals surface area contributed by atoms with Crippen molar-refractivity contribution >= 4 is 17.6 Å². The van der Waals surface area contributed by atoms with Crippen LogP contribution in [0, 0.1) is 0 Å². The van der Waals surface area contributed by atoms with Gasteiger partial charge >= 0.3 is 6.03 Å². The molecule has 2 N–H and O–H groups in total. The molecule has 2 aromatic rings. The van der Waals surface area contributed by atoms with E-state index in [-0.39, 0.29) is 18.4 Å². The highest BCUT2D eigenvalue weighted by atomic mass is 16.5. The van der Waals surface area contributed by atoms with Gasteiger partial charge in [-0.3, -0.25) is 19.9 Å². The van der Waals surface area contributed by atoms with Gasteiger partial charge in [0.15, 0.2) is 5.82 Å². The second-order valence-electron chi connectivity index (χ2n) is 7.48. The van der Waals surface area contributed by atoms with Crippen LogP contribution in [0.2, 0.25) is 0 Å². The van der Waals surface area contributed by atoms with Crippen molar-refractivity contribution in [2.24, 2.45) is 0 Å². The second kappa shape index (κ2) is 10.2. The number of amides is 3. The number of ether oxygens (including phenoxy) is 1. The van der Waals surface area contributed by atoms with Gasteiger partial charge in [-0.15, -0.1) is 0 Å². The monoisotopic (exact) mass is 416 g/mol. The lowest BCUT2D eigenvalue weighted by Crippen LogP contribution is -2.50. The van der Waals surface area contributed by atoms with Crippen LogP contribution in [0.3, 0.4) is 0 Å². The molecule has 1 aromatic heterocycles. The lowest BCUT2D eigenvalue weighted by Gasteiger charge is -2.33. The summed E-state index contributed by atoms with van der Waals surface area (Å²) in [5.74, 6) is 1.91. The average molecular weight is 416 g/mol. The molecule has 3 rings (SSSR count). The predicted octanol–water partition coefficient (Wildman–Crippen LogP) is 1.67. The van der Waals surface area contributed by atoms with E-state index in [1.165, 1.54) is 0 Å². The Morgan fingerprint density at radius 3 is 2.40 bits per heavy atom. The van der Waals surface area contributed by atoms with Gasteiger partial charge in [-0.05, 0) is 24.3 Å². The fourth-order valence-corrected chi connectivity index (χ4v) is 3.07. The summed E-state index contributed by atoms with van der Waals surface area (Å²) in [6.07, 6.45) is 0. The number of methoxy groups -OCH3 is 1. The van der Waals surface area contributed by atoms with Crippen LogP contribution in [0.1, 0.15) is 31.5 Å². The van der Waals surface area contributed by atoms with Gasteiger partial charge in [-0.25, -0.2) is 4.79 Å². The second-order valence-corrected chi connectivity index (χ2v) is 7.48. The van der Waals surface area contributed by atoms with Gasteiger partial charge in [0.1, 0.15) is 5.75 Å². The summed E-state index contributed by atoms with van der Waals surface area (Å²) in [4.78, 5) is 32.8. The third-order valence-corrected chi connectivity index (χ3v) is 4.79. The topological polar surface area (TPSA) is 113 Å². The van der Waals surface area contributed by atoms with Crippen LogP contribution in [0.15, 0.2) is 28.8 Å². The van der Waals surface area contributed by atoms with E-state index in [2.05, 4.69) is 25.7 Å². The summed E-state index contributed by atoms with van der Waals surface area (Å²) >= 11 is 0. The van der Waals surface area contributed by atoms with Gasteiger partial charge in [0, 0.05) is 37.8 Å². The molecule has 10 nitrogen and oxygen atoms in total. The summed E-state index contributed by atoms with van der Waals surface area (Å²) in [7, 11) is 1.57. The Bertz CT molecular complexity index is 843. The maximum Gasteiger partial charge on any atom is 0.325 e. The third kappa shape index (κ3) is 6.26. The van der Waals surface area contributed by atoms with Crippen molar-refractivity contribution in [1.82, 2.24) is 25.3 Å². The smallest absolute Gasteiger partial charge is 0.325 e. The summed E-state index contributed by atoms with van der Waals surface area (Å²) in [5.41, 5.74) is 0.580. The van der Waals surface area contributed by atoms with Crippen molar-refractivity contribution in [2.45, 2.75) is 26.3 Å². The fourth-order valence-electron chi connectivity index (χ4n) is 3.07. The minimum atomic E-state index is -0.554. The highest BCUT2D eigenvalue weighted by Gasteiger charge is 2.21. The molecule has 1 aliphatic rings. The number of piperazine rings is 1. The zero-order chi connectivity index (χ0) is 21.5. The number of rotatable bonds is 7. The zero-order valence-electron chi connectivity index (χ0n) is 17.6. The predicted molar refractivity (Wildman–Crippen MR) is 110 cm³/mol. The van der Waals surface area contributed by atoms with Crippen molar-refractivity contribution in [3.05, 3.63) is 36.0 Å². The minimum Gasteiger partial charge on any atom is -0.497 e. The van der Waals surface area contributed by atoms with Crippen molar-refractivity contribution in [3.63, 3.8) is 0 Å². The fraction of sp³-hybridized carbons (Fsp3) is 0.500. The molecular formula is C20H28N6O4. The number of anilines is 1. The number of aromatic nitrogens is 2. The number of imide groups is 1. The van der Waals surface area contributed by atoms with E-state index in [0.717, 1.165) is 26.2 Å². The Morgan fingerprint density at radius 2 is 1.80 bits per heavy atom. The zero-order valence-corrected chi connectivity index (χ0v) is 17.6. The van der Waals surface area contributed by atoms with Crippen LogP contribution in [-0.2, 0) is 11.3 Å². The highest BCUT2D eigenvalue weighted by molar-refractivity contribution is 6.01. The van der Waals surface area contributed by atoms with Gasteiger partial charge < -0.3 is 14.6 Å². The molecule has 10 heteroatoms. The van der Waals surface area contributed by atoms with Crippen molar-refractivity contribution in [1.29, 1.82) is 0 Å². The SMILES string of the molecule is COc1ccc(NC(=O)NC(=O)CN2CCN(Cc3nc(C(C)C)no3)CC2)cc1. The molecule has 0 aliphatic carbocycles. The Morgan fingerprint density at radius 1 is 1.13 bits per heavy atom. The van der Waals surface area contributed by atoms with Crippen LogP contribution in [0.5, 0.6) is 5.75 Å². The van der Waals surface area contributed by atoms with E-state index < -0.39 is 6.03 Å². The first-order valence-electron chi connectivity index (χ1n) is 9.95. The van der Waals surface area contributed by atoms with Crippen LogP contribution in [-0.4, -0.2) is 71.7 Å². The number of hydrogen-bond donors (Lipinski definition) is 2. The average Bonchev–Trinajstić information content (AvgIpc) is 3.19. The molecule has 0 spiro atoms. The Balaban J connectivity index is 1.37. The van der Waals surface area contributed by atoms with Crippen LogP contribution in [0.4, 0.5) is 10.5 Å². The van der Waals surface area contributed by atoms with Gasteiger partial charge in [-0.1, -0.05) is 19.0 Å². The Hall–Kier alpha value is -2.98. The van der Waals surface area contributed by atoms with E-state index in [9.17, 15) is 9.59 Å². The van der Waals surface area contributed by atoms with Crippen molar-refractivity contribution in [3.8, 4) is 5.75 Å². The van der Waals surface area contributed by atoms with Crippen LogP contribution < -0.4 is 15.4 Å². The first-order chi connectivity index (χ1) is 14.4. The molecule has 1 saturated heterocycles. The third-order valence-electron chi connectivity index (χ3n) is 4.79. The standard InChI is InChI=1S/C20H28N6O4/c1-14(2)19-23-18(30-24-19)13-26-10-8-25(9-11-26)12-17(27)22-20(28)21-15-4-6-16(29-3)7-5-15/h4-7,14H,8-13H2,1-3H3,(H2,21,22,27,28). The summed E-state index contributed by atoms with van der Waals surface area (Å²) in [6.45, 7) is 7.82. The van der Waals surface area contributed by atoms with Crippen molar-refractivity contribution < 1.29 is 18.8 Å². The highest BCUT2D eigenvalue weighted by Crippen LogP contribution is 2.15. The van der Waals surface area contributed by atoms with E-state index in [4.69, 9.17) is 9.26 Å². The number of nitrogens with one attached hydrogen (secondary N) is 2. The van der Waals surface area contributed by atoms with Crippen molar-refractivity contribution in [2.75, 3.05) is 45.2 Å². The summed E-state index contributed by atoms with van der Waals surface area (Å²) in [6, 6.07) is 6.32. The normalized spacial score (nSPS) is 15.2. The van der Waals surface area contributed by atoms with E-state index in [0.29, 0.717) is 29.7 Å². The molecule has 2 heterocycles. The molecule has 0 unspecified atom stereocenters. The first-order valence-corrected chi connectivity index (χ1v) is 9.95. The molecule has 1 aliphatic heterocycles. The molecule has 1 fully saturated rings. The molecule has 30 heavy (non-hydrogen) atoms. The lowest BCUT2D eigenvalue weighted by molar-refractivity contribution is -0.121. The van der Waals surface area contributed by atoms with E-state index >= 15 is 0 Å². The van der Waals surface area contributed by atoms with Crippen LogP contribution >= 0.6 is 0 Å². The number of nitrogens with zero attached hydrogens (tertiary/aromatic N) is 4. The summed E-state index contributed by atoms with van der Waals surface area (Å²) < 4.78 is 10.4. The van der Waals surface area contributed by atoms with Crippen LogP contribution in [0.25, 0.3) is 0 Å². The molecule has 0 atom stereocenters. The largest absolute Gasteiger partial charge is 0.497 e. The van der Waals surface area contributed by atoms with E-state index in [1.807, 2.05) is 18.7 Å². The van der Waals surface area contributed by atoms with Gasteiger partial charge in [0.2, 0.25) is 11.8 Å². The number of carbonyl (C=O) groups excluding carboxylic acids is 2. The maximum absolute atomic E-state index is 12.2. The number of benzene rings is 1. The Kier molecular flexibility index (Phi) is 7.36. The maximum atomic E-state index is 12.2. The molecule has 3 amide bonds. The molecule has 0 saturated carbocycles. The van der Waals surface area contributed by atoms with Gasteiger partial charge in [0.25, 0.3) is 0 Å². The molecular weight excluding hydrogens is 388 g/mol. The Labute approximate surface area is 175 Å². The lowest BCUT2D eigenvalue weighted by atomic mass is 10.2. The molecule has 0 bridgehead atoms. The minimum absolute atomic E-state index is 0.169. The molecule has 1 aromatic carbocycles. The molecule has 162 valence electrons. The number of hydrogen-bond acceptors (Lipinski definition) is 8. The first kappa shape index (κ1) is 21.7. The quantitative estimate of drug-likeness (QED) is 0.701.